The molecule has 4 heterocycles. The van der Waals surface area contributed by atoms with Gasteiger partial charge >= 0.3 is 5.97 Å². The van der Waals surface area contributed by atoms with E-state index in [2.05, 4.69) is 16.8 Å². The van der Waals surface area contributed by atoms with Crippen LogP contribution in [0.2, 0.25) is 5.02 Å². The molecule has 0 amide bonds. The zero-order valence-corrected chi connectivity index (χ0v) is 24.2. The van der Waals surface area contributed by atoms with E-state index in [9.17, 15) is 13.6 Å². The van der Waals surface area contributed by atoms with Crippen molar-refractivity contribution in [3.63, 3.8) is 0 Å². The van der Waals surface area contributed by atoms with E-state index in [1.165, 1.54) is 4.68 Å². The number of aromatic nitrogens is 4. The molecule has 10 heteroatoms. The molecular formula is C31H34ClF2N5O2. The number of halogens is 3. The van der Waals surface area contributed by atoms with Crippen LogP contribution in [0.25, 0.3) is 22.0 Å². The van der Waals surface area contributed by atoms with Crippen LogP contribution in [-0.2, 0) is 22.5 Å². The summed E-state index contributed by atoms with van der Waals surface area (Å²) in [5, 5.41) is 6.02. The fraction of sp³-hybridized carbons (Fsp3) is 0.452. The Labute approximate surface area is 243 Å². The molecule has 1 unspecified atom stereocenters. The highest BCUT2D eigenvalue weighted by Gasteiger charge is 2.35. The molecule has 0 aliphatic carbocycles. The first kappa shape index (κ1) is 27.8. The van der Waals surface area contributed by atoms with Crippen molar-refractivity contribution >= 4 is 28.5 Å². The second-order valence-electron chi connectivity index (χ2n) is 11.0. The first-order valence-electron chi connectivity index (χ1n) is 14.3. The van der Waals surface area contributed by atoms with Crippen LogP contribution in [-0.4, -0.2) is 68.8 Å². The van der Waals surface area contributed by atoms with Gasteiger partial charge < -0.3 is 14.2 Å². The van der Waals surface area contributed by atoms with Crippen LogP contribution in [0, 0.1) is 6.92 Å². The molecule has 2 aromatic carbocycles. The van der Waals surface area contributed by atoms with Crippen molar-refractivity contribution < 1.29 is 18.3 Å². The Kier molecular flexibility index (Phi) is 7.59. The molecule has 4 atom stereocenters. The molecule has 41 heavy (non-hydrogen) atoms. The average molecular weight is 582 g/mol. The zero-order valence-electron chi connectivity index (χ0n) is 23.5. The van der Waals surface area contributed by atoms with Crippen molar-refractivity contribution in [3.05, 3.63) is 70.4 Å². The van der Waals surface area contributed by atoms with E-state index in [1.807, 2.05) is 37.3 Å². The van der Waals surface area contributed by atoms with Crippen LogP contribution in [0.4, 0.5) is 8.78 Å². The third-order valence-corrected chi connectivity index (χ3v) is 8.89. The monoisotopic (exact) mass is 581 g/mol. The summed E-state index contributed by atoms with van der Waals surface area (Å²) >= 11 is 6.96. The summed E-state index contributed by atoms with van der Waals surface area (Å²) in [5.41, 5.74) is 5.31. The first-order valence-corrected chi connectivity index (χ1v) is 14.7. The predicted molar refractivity (Wildman–Crippen MR) is 155 cm³/mol. The highest BCUT2D eigenvalue weighted by atomic mass is 35.5. The van der Waals surface area contributed by atoms with Gasteiger partial charge in [0.15, 0.2) is 6.04 Å². The van der Waals surface area contributed by atoms with Crippen molar-refractivity contribution in [2.24, 2.45) is 0 Å². The van der Waals surface area contributed by atoms with E-state index in [-0.39, 0.29) is 25.5 Å². The number of esters is 1. The summed E-state index contributed by atoms with van der Waals surface area (Å²) in [6, 6.07) is 9.01. The molecule has 0 saturated carbocycles. The molecule has 0 radical (unpaired) electrons. The lowest BCUT2D eigenvalue weighted by Gasteiger charge is -2.34. The van der Waals surface area contributed by atoms with Crippen molar-refractivity contribution in [2.75, 3.05) is 26.2 Å². The maximum atomic E-state index is 14.9. The number of hydrogen-bond donors (Lipinski definition) is 0. The van der Waals surface area contributed by atoms with Crippen molar-refractivity contribution in [2.45, 2.75) is 64.5 Å². The Bertz CT molecular complexity index is 1580. The normalized spacial score (nSPS) is 21.8. The summed E-state index contributed by atoms with van der Waals surface area (Å²) in [6.07, 6.45) is 2.43. The standard InChI is InChI=1S/C31H34ClF2N5O2/c1-4-37-11-10-22(25(34)16-37)19-6-8-20(9-7-19)23-12-18(3)24-15-39(36-28(24)27(23)32)30(31(40)41-5-2)29-26-13-21(33)14-38(26)17-35-29/h6-9,12,15,17,21-22,25,30H,4-5,10-11,13-14,16H2,1-3H3/t21-,22-,25+,30?/m0/s1. The van der Waals surface area contributed by atoms with E-state index < -0.39 is 24.4 Å². The van der Waals surface area contributed by atoms with Gasteiger partial charge in [0.05, 0.1) is 30.2 Å². The number of ether oxygens (including phenoxy) is 1. The maximum absolute atomic E-state index is 14.9. The van der Waals surface area contributed by atoms with Crippen molar-refractivity contribution in [3.8, 4) is 11.1 Å². The maximum Gasteiger partial charge on any atom is 0.337 e. The third-order valence-electron chi connectivity index (χ3n) is 8.51. The summed E-state index contributed by atoms with van der Waals surface area (Å²) in [4.78, 5) is 19.8. The molecule has 2 aliphatic heterocycles. The van der Waals surface area contributed by atoms with E-state index in [4.69, 9.17) is 21.4 Å². The summed E-state index contributed by atoms with van der Waals surface area (Å²) in [6.45, 7) is 8.42. The lowest BCUT2D eigenvalue weighted by atomic mass is 9.87. The Balaban J connectivity index is 1.35. The summed E-state index contributed by atoms with van der Waals surface area (Å²) in [5.74, 6) is -0.622. The predicted octanol–water partition coefficient (Wildman–Crippen LogP) is 6.06. The fourth-order valence-electron chi connectivity index (χ4n) is 6.29. The van der Waals surface area contributed by atoms with E-state index in [1.54, 1.807) is 24.0 Å². The van der Waals surface area contributed by atoms with E-state index in [0.29, 0.717) is 28.5 Å². The van der Waals surface area contributed by atoms with Gasteiger partial charge in [0.25, 0.3) is 0 Å². The van der Waals surface area contributed by atoms with Crippen LogP contribution in [0.5, 0.6) is 0 Å². The molecule has 2 aliphatic rings. The second-order valence-corrected chi connectivity index (χ2v) is 11.4. The van der Waals surface area contributed by atoms with Gasteiger partial charge in [-0.25, -0.2) is 18.6 Å². The SMILES string of the molecule is CCOC(=O)C(c1ncn2c1C[C@H](F)C2)n1cc2c(C)cc(-c3ccc([C@@H]4CCN(CC)C[C@H]4F)cc3)c(Cl)c2n1. The number of fused-ring (bicyclic) bond motifs is 2. The molecule has 4 aromatic rings. The minimum absolute atomic E-state index is 0.112. The molecule has 1 fully saturated rings. The highest BCUT2D eigenvalue weighted by Crippen LogP contribution is 2.39. The number of imidazole rings is 1. The lowest BCUT2D eigenvalue weighted by molar-refractivity contribution is -0.146. The average Bonchev–Trinajstić information content (AvgIpc) is 3.67. The molecule has 0 N–H and O–H groups in total. The highest BCUT2D eigenvalue weighted by molar-refractivity contribution is 6.38. The van der Waals surface area contributed by atoms with Gasteiger partial charge in [-0.3, -0.25) is 4.68 Å². The van der Waals surface area contributed by atoms with Gasteiger partial charge in [0.1, 0.15) is 17.9 Å². The van der Waals surface area contributed by atoms with Crippen molar-refractivity contribution in [1.82, 2.24) is 24.2 Å². The molecule has 216 valence electrons. The largest absolute Gasteiger partial charge is 0.464 e. The van der Waals surface area contributed by atoms with Crippen LogP contribution in [0.15, 0.2) is 42.9 Å². The van der Waals surface area contributed by atoms with Crippen LogP contribution in [0.3, 0.4) is 0 Å². The first-order chi connectivity index (χ1) is 19.8. The number of benzene rings is 2. The Hall–Kier alpha value is -3.30. The number of carbonyl (C=O) groups is 1. The van der Waals surface area contributed by atoms with E-state index in [0.717, 1.165) is 47.2 Å². The minimum Gasteiger partial charge on any atom is -0.464 e. The van der Waals surface area contributed by atoms with Gasteiger partial charge in [-0.1, -0.05) is 42.8 Å². The smallest absolute Gasteiger partial charge is 0.337 e. The topological polar surface area (TPSA) is 65.2 Å². The number of piperidine rings is 1. The number of aryl methyl sites for hydroxylation is 1. The fourth-order valence-corrected chi connectivity index (χ4v) is 6.60. The van der Waals surface area contributed by atoms with Gasteiger partial charge in [0.2, 0.25) is 0 Å². The number of alkyl halides is 2. The number of carbonyl (C=O) groups excluding carboxylic acids is 1. The molecule has 0 bridgehead atoms. The summed E-state index contributed by atoms with van der Waals surface area (Å²) in [7, 11) is 0. The molecule has 0 spiro atoms. The van der Waals surface area contributed by atoms with Gasteiger partial charge in [-0.2, -0.15) is 5.10 Å². The molecule has 6 rings (SSSR count). The van der Waals surface area contributed by atoms with Crippen molar-refractivity contribution in [1.29, 1.82) is 0 Å². The number of nitrogens with zero attached hydrogens (tertiary/aromatic N) is 5. The van der Waals surface area contributed by atoms with Gasteiger partial charge in [-0.15, -0.1) is 0 Å². The number of rotatable bonds is 7. The van der Waals surface area contributed by atoms with E-state index >= 15 is 0 Å². The lowest BCUT2D eigenvalue weighted by Crippen LogP contribution is -2.40. The number of hydrogen-bond acceptors (Lipinski definition) is 5. The molecule has 7 nitrogen and oxygen atoms in total. The Morgan fingerprint density at radius 1 is 1.20 bits per heavy atom. The minimum atomic E-state index is -1.02. The second kappa shape index (κ2) is 11.2. The number of likely N-dealkylation sites (tertiary alicyclic amines) is 1. The van der Waals surface area contributed by atoms with Gasteiger partial charge in [-0.05, 0) is 56.1 Å². The molecular weight excluding hydrogens is 548 g/mol. The molecule has 2 aromatic heterocycles. The Morgan fingerprint density at radius 2 is 1.98 bits per heavy atom. The zero-order chi connectivity index (χ0) is 28.8. The van der Waals surface area contributed by atoms with Gasteiger partial charge in [0, 0.05) is 41.7 Å². The quantitative estimate of drug-likeness (QED) is 0.248. The third kappa shape index (κ3) is 5.03. The Morgan fingerprint density at radius 3 is 2.68 bits per heavy atom. The van der Waals surface area contributed by atoms with Crippen LogP contribution >= 0.6 is 11.6 Å². The van der Waals surface area contributed by atoms with Crippen LogP contribution in [0.1, 0.15) is 54.7 Å². The molecule has 1 saturated heterocycles. The van der Waals surface area contributed by atoms with Crippen LogP contribution < -0.4 is 0 Å². The summed E-state index contributed by atoms with van der Waals surface area (Å²) < 4.78 is 37.8.